The summed E-state index contributed by atoms with van der Waals surface area (Å²) in [4.78, 5) is 9.36. The van der Waals surface area contributed by atoms with E-state index in [2.05, 4.69) is 30.7 Å². The van der Waals surface area contributed by atoms with Gasteiger partial charge in [-0.05, 0) is 42.4 Å². The van der Waals surface area contributed by atoms with Crippen LogP contribution < -0.4 is 10.6 Å². The van der Waals surface area contributed by atoms with Crippen molar-refractivity contribution in [3.63, 3.8) is 0 Å². The van der Waals surface area contributed by atoms with Crippen LogP contribution in [0.25, 0.3) is 11.0 Å². The van der Waals surface area contributed by atoms with Crippen LogP contribution >= 0.6 is 11.6 Å². The summed E-state index contributed by atoms with van der Waals surface area (Å²) in [6, 6.07) is 12.5. The van der Waals surface area contributed by atoms with Gasteiger partial charge >= 0.3 is 0 Å². The van der Waals surface area contributed by atoms with Crippen molar-refractivity contribution < 1.29 is 18.4 Å². The lowest BCUT2D eigenvalue weighted by atomic mass is 9.96. The summed E-state index contributed by atoms with van der Waals surface area (Å²) in [7, 11) is 1.99. The molecule has 1 atom stereocenters. The van der Waals surface area contributed by atoms with Gasteiger partial charge in [-0.2, -0.15) is 0 Å². The maximum atomic E-state index is 14.7. The molecule has 1 aromatic heterocycles. The minimum Gasteiger partial charge on any atom is -0.409 e. The summed E-state index contributed by atoms with van der Waals surface area (Å²) in [6.07, 6.45) is 0. The normalized spacial score (nSPS) is 16.4. The number of aromatic amines is 1. The van der Waals surface area contributed by atoms with Gasteiger partial charge in [0, 0.05) is 24.3 Å². The predicted octanol–water partition coefficient (Wildman–Crippen LogP) is 5.48. The largest absolute Gasteiger partial charge is 0.409 e. The number of imidazole rings is 1. The second kappa shape index (κ2) is 9.12. The summed E-state index contributed by atoms with van der Waals surface area (Å²) in [5.74, 6) is -2.93. The summed E-state index contributed by atoms with van der Waals surface area (Å²) < 4.78 is 42.7. The number of H-pyrrole nitrogens is 1. The van der Waals surface area contributed by atoms with E-state index in [-0.39, 0.29) is 45.1 Å². The van der Waals surface area contributed by atoms with E-state index in [1.165, 1.54) is 12.1 Å². The molecule has 4 N–H and O–H groups in total. The molecule has 0 radical (unpaired) electrons. The van der Waals surface area contributed by atoms with E-state index in [1.54, 1.807) is 0 Å². The minimum absolute atomic E-state index is 0.0172. The van der Waals surface area contributed by atoms with Crippen LogP contribution in [0.3, 0.4) is 0 Å². The summed E-state index contributed by atoms with van der Waals surface area (Å²) in [5, 5.41) is 18.7. The van der Waals surface area contributed by atoms with Crippen molar-refractivity contribution in [2.24, 2.45) is 5.16 Å². The molecule has 0 fully saturated rings. The van der Waals surface area contributed by atoms with Crippen molar-refractivity contribution in [3.05, 3.63) is 87.7 Å². The Labute approximate surface area is 203 Å². The molecular weight excluding hydrogens is 481 g/mol. The lowest BCUT2D eigenvalue weighted by molar-refractivity contribution is 0.291. The number of nitrogens with zero attached hydrogens (tertiary/aromatic N) is 3. The molecule has 0 amide bonds. The van der Waals surface area contributed by atoms with Gasteiger partial charge in [0.15, 0.2) is 17.5 Å². The molecule has 0 bridgehead atoms. The molecule has 35 heavy (non-hydrogen) atoms. The molecule has 2 heterocycles. The quantitative estimate of drug-likeness (QED) is 0.129. The van der Waals surface area contributed by atoms with Gasteiger partial charge in [0.2, 0.25) is 5.95 Å². The van der Waals surface area contributed by atoms with E-state index < -0.39 is 17.5 Å². The average Bonchev–Trinajstić information content (AvgIpc) is 3.26. The Balaban J connectivity index is 1.53. The van der Waals surface area contributed by atoms with E-state index >= 15 is 0 Å². The van der Waals surface area contributed by atoms with Crippen molar-refractivity contribution in [1.82, 2.24) is 14.9 Å². The molecule has 11 heteroatoms. The van der Waals surface area contributed by atoms with Crippen LogP contribution in [0, 0.1) is 17.5 Å². The number of hydrogen-bond acceptors (Lipinski definition) is 5. The lowest BCUT2D eigenvalue weighted by Crippen LogP contribution is -2.34. The lowest BCUT2D eigenvalue weighted by Gasteiger charge is -2.32. The van der Waals surface area contributed by atoms with Crippen molar-refractivity contribution in [2.45, 2.75) is 12.6 Å². The third-order valence-corrected chi connectivity index (χ3v) is 6.16. The fourth-order valence-electron chi connectivity index (χ4n) is 4.29. The molecule has 1 aliphatic rings. The Hall–Kier alpha value is -3.76. The molecule has 1 aliphatic heterocycles. The van der Waals surface area contributed by atoms with E-state index in [0.717, 1.165) is 29.8 Å². The first-order chi connectivity index (χ1) is 16.8. The summed E-state index contributed by atoms with van der Waals surface area (Å²) in [6.45, 7) is 1.47. The average molecular weight is 501 g/mol. The van der Waals surface area contributed by atoms with E-state index in [0.29, 0.717) is 6.54 Å². The molecule has 180 valence electrons. The van der Waals surface area contributed by atoms with Gasteiger partial charge < -0.3 is 20.8 Å². The van der Waals surface area contributed by atoms with Crippen LogP contribution in [0.1, 0.15) is 22.7 Å². The number of nitrogens with one attached hydrogen (secondary N) is 3. The highest BCUT2D eigenvalue weighted by Crippen LogP contribution is 2.31. The van der Waals surface area contributed by atoms with Crippen LogP contribution in [0.2, 0.25) is 5.02 Å². The van der Waals surface area contributed by atoms with Crippen LogP contribution in [0.4, 0.5) is 24.8 Å². The number of likely N-dealkylation sites (N-methyl/N-ethyl adjacent to an activating group) is 1. The SMILES string of the molecule is CN1Cc2ccccc2C(Nc2nc3c(F)c(F)cc(/C(=N/O)Nc4ccc(F)c(Cl)c4)c3[nH]2)C1. The maximum absolute atomic E-state index is 14.7. The second-order valence-corrected chi connectivity index (χ2v) is 8.73. The van der Waals surface area contributed by atoms with Crippen molar-refractivity contribution in [3.8, 4) is 0 Å². The Bertz CT molecular complexity index is 1460. The van der Waals surface area contributed by atoms with Gasteiger partial charge in [-0.1, -0.05) is 41.0 Å². The maximum Gasteiger partial charge on any atom is 0.201 e. The third-order valence-electron chi connectivity index (χ3n) is 5.88. The number of anilines is 2. The van der Waals surface area contributed by atoms with Crippen molar-refractivity contribution in [1.29, 1.82) is 0 Å². The first kappa shape index (κ1) is 23.0. The summed E-state index contributed by atoms with van der Waals surface area (Å²) >= 11 is 5.81. The number of hydrogen-bond donors (Lipinski definition) is 4. The minimum atomic E-state index is -1.17. The first-order valence-electron chi connectivity index (χ1n) is 10.7. The smallest absolute Gasteiger partial charge is 0.201 e. The van der Waals surface area contributed by atoms with Gasteiger partial charge in [-0.15, -0.1) is 0 Å². The van der Waals surface area contributed by atoms with Crippen LogP contribution in [0.5, 0.6) is 0 Å². The van der Waals surface area contributed by atoms with Crippen LogP contribution in [-0.4, -0.2) is 39.5 Å². The summed E-state index contributed by atoms with van der Waals surface area (Å²) in [5.41, 5.74) is 2.39. The molecule has 5 rings (SSSR count). The Morgan fingerprint density at radius 1 is 1.17 bits per heavy atom. The highest BCUT2D eigenvalue weighted by Gasteiger charge is 2.25. The number of oxime groups is 1. The van der Waals surface area contributed by atoms with Gasteiger partial charge in [-0.25, -0.2) is 18.2 Å². The zero-order valence-electron chi connectivity index (χ0n) is 18.4. The monoisotopic (exact) mass is 500 g/mol. The van der Waals surface area contributed by atoms with Gasteiger partial charge in [0.05, 0.1) is 16.6 Å². The number of amidine groups is 1. The molecule has 0 spiro atoms. The molecule has 4 aromatic rings. The number of rotatable bonds is 4. The number of halogens is 4. The number of benzene rings is 3. The number of fused-ring (bicyclic) bond motifs is 2. The van der Waals surface area contributed by atoms with E-state index in [4.69, 9.17) is 11.6 Å². The molecule has 0 saturated carbocycles. The Morgan fingerprint density at radius 2 is 1.97 bits per heavy atom. The number of aromatic nitrogens is 2. The molecule has 1 unspecified atom stereocenters. The van der Waals surface area contributed by atoms with Gasteiger partial charge in [-0.3, -0.25) is 4.90 Å². The van der Waals surface area contributed by atoms with Crippen molar-refractivity contribution in [2.75, 3.05) is 24.2 Å². The predicted molar refractivity (Wildman–Crippen MR) is 129 cm³/mol. The standard InChI is InChI=1S/C24H20ClF3N6O/c1-34-10-12-4-2-3-5-14(12)19(11-34)30-24-31-21-15(9-18(27)20(28)22(21)32-24)23(33-35)29-13-6-7-17(26)16(25)8-13/h2-9,19,35H,10-11H2,1H3,(H,29,33)(H2,30,31,32). The van der Waals surface area contributed by atoms with Crippen LogP contribution in [0.15, 0.2) is 53.7 Å². The zero-order valence-corrected chi connectivity index (χ0v) is 19.2. The van der Waals surface area contributed by atoms with Crippen LogP contribution in [-0.2, 0) is 6.54 Å². The topological polar surface area (TPSA) is 88.6 Å². The molecule has 3 aromatic carbocycles. The second-order valence-electron chi connectivity index (χ2n) is 8.32. The first-order valence-corrected chi connectivity index (χ1v) is 11.1. The van der Waals surface area contributed by atoms with Crippen molar-refractivity contribution >= 4 is 40.1 Å². The molecular formula is C24H20ClF3N6O. The van der Waals surface area contributed by atoms with Gasteiger partial charge in [0.1, 0.15) is 11.3 Å². The Morgan fingerprint density at radius 3 is 2.74 bits per heavy atom. The molecule has 0 aliphatic carbocycles. The molecule has 0 saturated heterocycles. The Kier molecular flexibility index (Phi) is 6.00. The highest BCUT2D eigenvalue weighted by molar-refractivity contribution is 6.31. The molecule has 7 nitrogen and oxygen atoms in total. The van der Waals surface area contributed by atoms with Gasteiger partial charge in [0.25, 0.3) is 0 Å². The van der Waals surface area contributed by atoms with E-state index in [9.17, 15) is 18.4 Å². The fourth-order valence-corrected chi connectivity index (χ4v) is 4.47. The van der Waals surface area contributed by atoms with E-state index in [1.807, 2.05) is 31.3 Å². The third kappa shape index (κ3) is 4.38. The zero-order chi connectivity index (χ0) is 24.7. The highest BCUT2D eigenvalue weighted by atomic mass is 35.5. The fraction of sp³-hybridized carbons (Fsp3) is 0.167.